The molecule has 0 aliphatic rings. The molecular formula is C30H34N4O4S. The highest BCUT2D eigenvalue weighted by Gasteiger charge is 2.36. The monoisotopic (exact) mass is 546 g/mol. The minimum Gasteiger partial charge on any atom is -0.444 e. The number of carbonyl (C=O) groups excluding carboxylic acids is 3. The van der Waals surface area contributed by atoms with Crippen LogP contribution >= 0.6 is 11.8 Å². The maximum Gasteiger partial charge on any atom is 0.408 e. The molecule has 2 unspecified atom stereocenters. The molecule has 3 rings (SSSR count). The number of benzene rings is 3. The Hall–Kier alpha value is -4.03. The van der Waals surface area contributed by atoms with Crippen molar-refractivity contribution in [1.82, 2.24) is 10.2 Å². The second kappa shape index (κ2) is 13.7. The van der Waals surface area contributed by atoms with E-state index in [1.54, 1.807) is 51.1 Å². The molecule has 0 fully saturated rings. The van der Waals surface area contributed by atoms with Crippen LogP contribution in [0.25, 0.3) is 10.8 Å². The predicted octanol–water partition coefficient (Wildman–Crippen LogP) is 5.52. The van der Waals surface area contributed by atoms with Gasteiger partial charge in [0.25, 0.3) is 5.91 Å². The number of hydrogen-bond donors (Lipinski definition) is 2. The molecule has 2 atom stereocenters. The van der Waals surface area contributed by atoms with Crippen LogP contribution in [0.4, 0.5) is 10.5 Å². The lowest BCUT2D eigenvalue weighted by atomic mass is 10.0. The third-order valence-electron chi connectivity index (χ3n) is 5.82. The zero-order valence-corrected chi connectivity index (χ0v) is 23.5. The van der Waals surface area contributed by atoms with Crippen molar-refractivity contribution in [2.75, 3.05) is 23.9 Å². The van der Waals surface area contributed by atoms with Crippen LogP contribution in [-0.2, 0) is 14.3 Å². The fraction of sp³-hybridized carbons (Fsp3) is 0.333. The van der Waals surface area contributed by atoms with Gasteiger partial charge in [0.05, 0.1) is 6.07 Å². The molecule has 9 heteroatoms. The van der Waals surface area contributed by atoms with Gasteiger partial charge in [0.15, 0.2) is 0 Å². The summed E-state index contributed by atoms with van der Waals surface area (Å²) in [4.78, 5) is 41.5. The molecule has 0 aliphatic carbocycles. The van der Waals surface area contributed by atoms with E-state index in [4.69, 9.17) is 4.74 Å². The number of fused-ring (bicyclic) bond motifs is 1. The predicted molar refractivity (Wildman–Crippen MR) is 155 cm³/mol. The maximum atomic E-state index is 13.9. The van der Waals surface area contributed by atoms with E-state index in [0.29, 0.717) is 23.4 Å². The van der Waals surface area contributed by atoms with Crippen molar-refractivity contribution in [3.63, 3.8) is 0 Å². The Morgan fingerprint density at radius 3 is 2.31 bits per heavy atom. The van der Waals surface area contributed by atoms with E-state index in [2.05, 4.69) is 10.6 Å². The first-order valence-corrected chi connectivity index (χ1v) is 14.0. The van der Waals surface area contributed by atoms with E-state index in [-0.39, 0.29) is 6.54 Å². The first kappa shape index (κ1) is 29.5. The number of amides is 3. The standard InChI is InChI=1S/C30H34N4O4S/c1-30(2,3)38-29(37)33-25(16-19-39-4)28(36)34(18-17-31)26(22-11-6-5-7-12-22)27(35)32-24-15-14-21-10-8-9-13-23(21)20-24/h5-15,20,25-26H,16,18-19H2,1-4H3,(H,32,35)(H,33,37). The number of thioether (sulfide) groups is 1. The molecule has 2 N–H and O–H groups in total. The molecule has 3 amide bonds. The summed E-state index contributed by atoms with van der Waals surface area (Å²) in [6.07, 6.45) is 1.46. The zero-order chi connectivity index (χ0) is 28.4. The SMILES string of the molecule is CSCCC(NC(=O)OC(C)(C)C)C(=O)N(CC#N)C(C(=O)Nc1ccc2ccccc2c1)c1ccccc1. The van der Waals surface area contributed by atoms with E-state index in [9.17, 15) is 19.6 Å². The number of alkyl carbamates (subject to hydrolysis) is 1. The van der Waals surface area contributed by atoms with E-state index >= 15 is 0 Å². The Labute approximate surface area is 233 Å². The summed E-state index contributed by atoms with van der Waals surface area (Å²) < 4.78 is 5.37. The Bertz CT molecular complexity index is 1330. The van der Waals surface area contributed by atoms with E-state index < -0.39 is 35.6 Å². The second-order valence-corrected chi connectivity index (χ2v) is 11.0. The number of anilines is 1. The van der Waals surface area contributed by atoms with Crippen LogP contribution in [0.15, 0.2) is 72.8 Å². The average molecular weight is 547 g/mol. The molecule has 3 aromatic carbocycles. The molecule has 0 spiro atoms. The summed E-state index contributed by atoms with van der Waals surface area (Å²) in [6.45, 7) is 4.84. The van der Waals surface area contributed by atoms with E-state index in [1.807, 2.05) is 54.8 Å². The highest BCUT2D eigenvalue weighted by Crippen LogP contribution is 2.26. The molecule has 204 valence electrons. The van der Waals surface area contributed by atoms with E-state index in [1.165, 1.54) is 16.7 Å². The van der Waals surface area contributed by atoms with Gasteiger partial charge in [0.1, 0.15) is 24.2 Å². The summed E-state index contributed by atoms with van der Waals surface area (Å²) in [6, 6.07) is 22.1. The number of hydrogen-bond acceptors (Lipinski definition) is 6. The second-order valence-electron chi connectivity index (χ2n) is 9.97. The number of carbonyl (C=O) groups is 3. The smallest absolute Gasteiger partial charge is 0.408 e. The van der Waals surface area contributed by atoms with Crippen LogP contribution in [0.2, 0.25) is 0 Å². The normalized spacial score (nSPS) is 12.6. The van der Waals surface area contributed by atoms with Gasteiger partial charge in [-0.1, -0.05) is 60.7 Å². The molecule has 0 saturated heterocycles. The minimum absolute atomic E-state index is 0.301. The van der Waals surface area contributed by atoms with Gasteiger partial charge in [-0.25, -0.2) is 4.79 Å². The fourth-order valence-corrected chi connectivity index (χ4v) is 4.57. The molecular weight excluding hydrogens is 512 g/mol. The largest absolute Gasteiger partial charge is 0.444 e. The van der Waals surface area contributed by atoms with Crippen molar-refractivity contribution in [3.8, 4) is 6.07 Å². The summed E-state index contributed by atoms with van der Waals surface area (Å²) in [5.74, 6) is -0.439. The molecule has 3 aromatic rings. The molecule has 8 nitrogen and oxygen atoms in total. The summed E-state index contributed by atoms with van der Waals surface area (Å²) in [5, 5.41) is 17.2. The molecule has 0 aromatic heterocycles. The van der Waals surface area contributed by atoms with Gasteiger partial charge in [0.2, 0.25) is 5.91 Å². The maximum absolute atomic E-state index is 13.9. The fourth-order valence-electron chi connectivity index (χ4n) is 4.10. The topological polar surface area (TPSA) is 112 Å². The van der Waals surface area contributed by atoms with Gasteiger partial charge in [-0.3, -0.25) is 9.59 Å². The first-order chi connectivity index (χ1) is 18.6. The van der Waals surface area contributed by atoms with Gasteiger partial charge in [-0.05, 0) is 67.7 Å². The molecule has 39 heavy (non-hydrogen) atoms. The van der Waals surface area contributed by atoms with Crippen LogP contribution in [0.5, 0.6) is 0 Å². The van der Waals surface area contributed by atoms with Crippen LogP contribution in [0.3, 0.4) is 0 Å². The quantitative estimate of drug-likeness (QED) is 0.324. The Kier molecular flexibility index (Phi) is 10.4. The average Bonchev–Trinajstić information content (AvgIpc) is 2.90. The number of rotatable bonds is 10. The zero-order valence-electron chi connectivity index (χ0n) is 22.6. The first-order valence-electron chi connectivity index (χ1n) is 12.6. The van der Waals surface area contributed by atoms with Crippen LogP contribution in [0.1, 0.15) is 38.8 Å². The van der Waals surface area contributed by atoms with E-state index in [0.717, 1.165) is 10.8 Å². The highest BCUT2D eigenvalue weighted by atomic mass is 32.2. The van der Waals surface area contributed by atoms with Crippen molar-refractivity contribution in [2.45, 2.75) is 44.9 Å². The van der Waals surface area contributed by atoms with Gasteiger partial charge in [-0.15, -0.1) is 0 Å². The summed E-state index contributed by atoms with van der Waals surface area (Å²) in [5.41, 5.74) is 0.352. The third kappa shape index (κ3) is 8.48. The van der Waals surface area contributed by atoms with Gasteiger partial charge in [0, 0.05) is 5.69 Å². The lowest BCUT2D eigenvalue weighted by molar-refractivity contribution is -0.140. The lowest BCUT2D eigenvalue weighted by Crippen LogP contribution is -2.52. The van der Waals surface area contributed by atoms with Crippen molar-refractivity contribution in [2.24, 2.45) is 0 Å². The summed E-state index contributed by atoms with van der Waals surface area (Å²) >= 11 is 1.52. The van der Waals surface area contributed by atoms with Crippen molar-refractivity contribution in [1.29, 1.82) is 5.26 Å². The molecule has 0 radical (unpaired) electrons. The van der Waals surface area contributed by atoms with Gasteiger partial charge >= 0.3 is 6.09 Å². The van der Waals surface area contributed by atoms with Crippen LogP contribution in [0, 0.1) is 11.3 Å². The number of nitriles is 1. The number of ether oxygens (including phenoxy) is 1. The molecule has 0 aliphatic heterocycles. The Morgan fingerprint density at radius 2 is 1.67 bits per heavy atom. The van der Waals surface area contributed by atoms with Crippen LogP contribution < -0.4 is 10.6 Å². The van der Waals surface area contributed by atoms with Gasteiger partial charge in [-0.2, -0.15) is 17.0 Å². The summed E-state index contributed by atoms with van der Waals surface area (Å²) in [7, 11) is 0. The molecule has 0 heterocycles. The lowest BCUT2D eigenvalue weighted by Gasteiger charge is -2.33. The molecule has 0 saturated carbocycles. The van der Waals surface area contributed by atoms with Crippen LogP contribution in [-0.4, -0.2) is 53.0 Å². The minimum atomic E-state index is -1.11. The van der Waals surface area contributed by atoms with Crippen molar-refractivity contribution >= 4 is 46.1 Å². The van der Waals surface area contributed by atoms with Gasteiger partial charge < -0.3 is 20.3 Å². The van der Waals surface area contributed by atoms with Crippen molar-refractivity contribution < 1.29 is 19.1 Å². The number of nitrogens with zero attached hydrogens (tertiary/aromatic N) is 2. The number of nitrogens with one attached hydrogen (secondary N) is 2. The molecule has 0 bridgehead atoms. The Balaban J connectivity index is 1.96. The highest BCUT2D eigenvalue weighted by molar-refractivity contribution is 7.98. The third-order valence-corrected chi connectivity index (χ3v) is 6.46. The Morgan fingerprint density at radius 1 is 1.00 bits per heavy atom. The van der Waals surface area contributed by atoms with Crippen molar-refractivity contribution in [3.05, 3.63) is 78.4 Å².